The van der Waals surface area contributed by atoms with Gasteiger partial charge >= 0.3 is 0 Å². The number of aromatic hydroxyl groups is 4. The normalized spacial score (nSPS) is 12.1. The van der Waals surface area contributed by atoms with E-state index in [0.29, 0.717) is 10.6 Å². The lowest BCUT2D eigenvalue weighted by atomic mass is 9.90. The predicted molar refractivity (Wildman–Crippen MR) is 111 cm³/mol. The first kappa shape index (κ1) is 23.2. The Morgan fingerprint density at radius 2 is 1.66 bits per heavy atom. The highest BCUT2D eigenvalue weighted by molar-refractivity contribution is 6.06. The monoisotopic (exact) mass is 432 g/mol. The lowest BCUT2D eigenvalue weighted by molar-refractivity contribution is -0.124. The topological polar surface area (TPSA) is 178 Å². The Balaban J connectivity index is 2.59. The quantitative estimate of drug-likeness (QED) is 0.134. The lowest BCUT2D eigenvalue weighted by Gasteiger charge is -2.16. The minimum atomic E-state index is -1.07. The molecule has 1 amide bonds. The third-order valence-corrected chi connectivity index (χ3v) is 4.27. The molecule has 2 aromatic carbocycles. The van der Waals surface area contributed by atoms with Gasteiger partial charge in [-0.3, -0.25) is 4.79 Å². The molecule has 0 aromatic heterocycles. The van der Waals surface area contributed by atoms with E-state index in [-0.39, 0.29) is 16.9 Å². The molecule has 4 N–H and O–H groups in total. The van der Waals surface area contributed by atoms with Crippen molar-refractivity contribution in [3.05, 3.63) is 59.3 Å². The van der Waals surface area contributed by atoms with Crippen LogP contribution in [-0.2, 0) is 9.59 Å². The molecular weight excluding hydrogens is 416 g/mol. The molecule has 160 valence electrons. The smallest absolute Gasteiger partial charge is 0.289 e. The number of phenols is 4. The zero-order chi connectivity index (χ0) is 23.8. The van der Waals surface area contributed by atoms with Gasteiger partial charge in [0, 0.05) is 6.20 Å². The van der Waals surface area contributed by atoms with Gasteiger partial charge in [-0.2, -0.15) is 15.5 Å². The molecule has 0 saturated carbocycles. The molecule has 1 atom stereocenters. The number of benzene rings is 2. The molecule has 0 saturated heterocycles. The molecule has 10 nitrogen and oxygen atoms in total. The van der Waals surface area contributed by atoms with Crippen molar-refractivity contribution in [3.63, 3.8) is 0 Å². The maximum Gasteiger partial charge on any atom is 0.289 e. The van der Waals surface area contributed by atoms with Gasteiger partial charge < -0.3 is 20.4 Å². The largest absolute Gasteiger partial charge is 0.504 e. The number of amides is 1. The van der Waals surface area contributed by atoms with Crippen LogP contribution in [0.1, 0.15) is 18.1 Å². The Kier molecular flexibility index (Phi) is 7.35. The Bertz CT molecular complexity index is 1250. The van der Waals surface area contributed by atoms with E-state index in [1.54, 1.807) is 6.07 Å². The highest BCUT2D eigenvalue weighted by Crippen LogP contribution is 2.34. The van der Waals surface area contributed by atoms with Crippen molar-refractivity contribution in [1.82, 2.24) is 5.01 Å². The first-order valence-corrected chi connectivity index (χ1v) is 8.91. The zero-order valence-electron chi connectivity index (χ0n) is 16.6. The number of carbonyl (C=O) groups is 1. The lowest BCUT2D eigenvalue weighted by Crippen LogP contribution is -2.23. The first-order valence-electron chi connectivity index (χ1n) is 8.91. The van der Waals surface area contributed by atoms with Crippen molar-refractivity contribution in [2.45, 2.75) is 6.92 Å². The van der Waals surface area contributed by atoms with Crippen LogP contribution in [0.25, 0.3) is 11.6 Å². The van der Waals surface area contributed by atoms with Gasteiger partial charge in [-0.25, -0.2) is 4.79 Å². The van der Waals surface area contributed by atoms with Crippen molar-refractivity contribution in [3.8, 4) is 35.1 Å². The van der Waals surface area contributed by atoms with E-state index in [9.17, 15) is 40.5 Å². The number of carbonyl (C=O) groups excluding carboxylic acids is 2. The van der Waals surface area contributed by atoms with Crippen LogP contribution < -0.4 is 0 Å². The van der Waals surface area contributed by atoms with Gasteiger partial charge in [0.1, 0.15) is 11.6 Å². The number of nitrogens with zero attached hydrogens (tertiary/aromatic N) is 4. The Hall–Kier alpha value is -5.05. The number of isocyanates is 1. The zero-order valence-corrected chi connectivity index (χ0v) is 16.6. The van der Waals surface area contributed by atoms with E-state index < -0.39 is 34.6 Å². The first-order chi connectivity index (χ1) is 15.2. The molecule has 32 heavy (non-hydrogen) atoms. The highest BCUT2D eigenvalue weighted by Gasteiger charge is 2.25. The van der Waals surface area contributed by atoms with Crippen LogP contribution in [0.2, 0.25) is 0 Å². The molecular formula is C22H16N4O6. The second kappa shape index (κ2) is 10.1. The van der Waals surface area contributed by atoms with Crippen LogP contribution in [0.4, 0.5) is 0 Å². The van der Waals surface area contributed by atoms with Crippen molar-refractivity contribution >= 4 is 23.6 Å². The van der Waals surface area contributed by atoms with Gasteiger partial charge in [-0.05, 0) is 54.0 Å². The molecule has 1 unspecified atom stereocenters. The number of nitriles is 2. The number of hydrazone groups is 1. The third kappa shape index (κ3) is 5.10. The van der Waals surface area contributed by atoms with Crippen molar-refractivity contribution < 1.29 is 30.0 Å². The summed E-state index contributed by atoms with van der Waals surface area (Å²) in [6.07, 6.45) is 3.49. The van der Waals surface area contributed by atoms with Crippen molar-refractivity contribution in [2.75, 3.05) is 0 Å². The van der Waals surface area contributed by atoms with Crippen LogP contribution in [0.15, 0.2) is 53.3 Å². The molecule has 2 rings (SSSR count). The summed E-state index contributed by atoms with van der Waals surface area (Å²) >= 11 is 0. The van der Waals surface area contributed by atoms with E-state index in [1.807, 2.05) is 6.07 Å². The summed E-state index contributed by atoms with van der Waals surface area (Å²) in [7, 11) is 0. The Morgan fingerprint density at radius 3 is 2.19 bits per heavy atom. The second-order valence-electron chi connectivity index (χ2n) is 6.36. The van der Waals surface area contributed by atoms with Gasteiger partial charge in [-0.1, -0.05) is 17.2 Å². The minimum absolute atomic E-state index is 0.0583. The molecule has 0 fully saturated rings. The van der Waals surface area contributed by atoms with Crippen molar-refractivity contribution in [1.29, 1.82) is 10.5 Å². The van der Waals surface area contributed by atoms with E-state index in [1.165, 1.54) is 43.3 Å². The number of allylic oxidation sites excluding steroid dienone is 1. The summed E-state index contributed by atoms with van der Waals surface area (Å²) in [6, 6.07) is 10.9. The maximum absolute atomic E-state index is 13.0. The molecule has 0 aliphatic heterocycles. The molecule has 0 aliphatic rings. The fraction of sp³-hybridized carbons (Fsp3) is 0.0909. The van der Waals surface area contributed by atoms with Gasteiger partial charge in [0.25, 0.3) is 12.0 Å². The number of phenolic OH excluding ortho intramolecular Hbond substituents is 4. The highest BCUT2D eigenvalue weighted by atomic mass is 16.3. The van der Waals surface area contributed by atoms with Crippen LogP contribution in [-0.4, -0.2) is 37.4 Å². The Labute approximate surface area is 182 Å². The van der Waals surface area contributed by atoms with Crippen LogP contribution >= 0.6 is 0 Å². The summed E-state index contributed by atoms with van der Waals surface area (Å²) in [4.78, 5) is 23.9. The Morgan fingerprint density at radius 1 is 1.03 bits per heavy atom. The van der Waals surface area contributed by atoms with Gasteiger partial charge in [0.05, 0.1) is 12.0 Å². The summed E-state index contributed by atoms with van der Waals surface area (Å²) in [5.41, 5.74) is -0.143. The molecule has 0 spiro atoms. The molecule has 0 radical (unpaired) electrons. The molecule has 0 bridgehead atoms. The van der Waals surface area contributed by atoms with Crippen LogP contribution in [0, 0.1) is 28.6 Å². The van der Waals surface area contributed by atoms with E-state index >= 15 is 0 Å². The van der Waals surface area contributed by atoms with E-state index in [0.717, 1.165) is 18.3 Å². The number of hydrogen-bond acceptors (Lipinski definition) is 9. The SMILES string of the molecule is CC(C#N)C(=C(C#N)C(=O)N(C=Cc1ccc(O)c(O)c1)N=C=O)c1ccc(O)c(O)c1. The molecule has 0 heterocycles. The van der Waals surface area contributed by atoms with Gasteiger partial charge in [0.2, 0.25) is 0 Å². The molecule has 2 aromatic rings. The summed E-state index contributed by atoms with van der Waals surface area (Å²) in [6.45, 7) is 1.42. The summed E-state index contributed by atoms with van der Waals surface area (Å²) in [5.74, 6) is -3.79. The predicted octanol–water partition coefficient (Wildman–Crippen LogP) is 2.70. The fourth-order valence-electron chi connectivity index (χ4n) is 2.70. The van der Waals surface area contributed by atoms with Crippen LogP contribution in [0.5, 0.6) is 23.0 Å². The van der Waals surface area contributed by atoms with Crippen LogP contribution in [0.3, 0.4) is 0 Å². The number of hydrogen-bond donors (Lipinski definition) is 4. The van der Waals surface area contributed by atoms with Gasteiger partial charge in [-0.15, -0.1) is 0 Å². The van der Waals surface area contributed by atoms with E-state index in [2.05, 4.69) is 5.10 Å². The fourth-order valence-corrected chi connectivity index (χ4v) is 2.70. The minimum Gasteiger partial charge on any atom is -0.504 e. The van der Waals surface area contributed by atoms with Gasteiger partial charge in [0.15, 0.2) is 23.0 Å². The maximum atomic E-state index is 13.0. The molecule has 0 aliphatic carbocycles. The second-order valence-corrected chi connectivity index (χ2v) is 6.36. The average molecular weight is 432 g/mol. The summed E-state index contributed by atoms with van der Waals surface area (Å²) < 4.78 is 0. The standard InChI is InChI=1S/C22H16N4O6/c1-13(10-23)21(15-3-5-18(29)20(31)9-15)16(11-24)22(32)26(25-12-27)7-6-14-2-4-17(28)19(30)8-14/h2-9,13,28-31H,1H3. The number of rotatable bonds is 6. The average Bonchev–Trinajstić information content (AvgIpc) is 2.78. The van der Waals surface area contributed by atoms with E-state index in [4.69, 9.17) is 0 Å². The third-order valence-electron chi connectivity index (χ3n) is 4.27. The summed E-state index contributed by atoms with van der Waals surface area (Å²) in [5, 5.41) is 61.1. The van der Waals surface area contributed by atoms with Crippen molar-refractivity contribution in [2.24, 2.45) is 11.0 Å². The molecule has 10 heteroatoms.